The number of hydrogen-bond donors (Lipinski definition) is 2. The van der Waals surface area contributed by atoms with Crippen molar-refractivity contribution in [3.05, 3.63) is 59.7 Å². The van der Waals surface area contributed by atoms with Crippen LogP contribution in [-0.2, 0) is 0 Å². The molecule has 0 bridgehead atoms. The third kappa shape index (κ3) is 3.60. The highest BCUT2D eigenvalue weighted by Crippen LogP contribution is 2.15. The van der Waals surface area contributed by atoms with Gasteiger partial charge in [0.05, 0.1) is 5.56 Å². The number of carbonyl (C=O) groups is 2. The van der Waals surface area contributed by atoms with Gasteiger partial charge in [-0.1, -0.05) is 0 Å². The Morgan fingerprint density at radius 2 is 1.43 bits per heavy atom. The van der Waals surface area contributed by atoms with Crippen LogP contribution in [0, 0.1) is 0 Å². The molecule has 108 valence electrons. The second kappa shape index (κ2) is 6.09. The van der Waals surface area contributed by atoms with Crippen molar-refractivity contribution in [2.24, 2.45) is 0 Å². The van der Waals surface area contributed by atoms with E-state index in [4.69, 9.17) is 5.11 Å². The number of anilines is 2. The SMILES string of the molecule is CN(C)c1ccc(C(=O)Nc2ccc(C(=O)O)cc2)cc1. The zero-order chi connectivity index (χ0) is 15.4. The molecule has 0 radical (unpaired) electrons. The van der Waals surface area contributed by atoms with E-state index in [0.717, 1.165) is 5.69 Å². The summed E-state index contributed by atoms with van der Waals surface area (Å²) in [6.45, 7) is 0. The van der Waals surface area contributed by atoms with E-state index in [9.17, 15) is 9.59 Å². The molecule has 0 heterocycles. The Hall–Kier alpha value is -2.82. The summed E-state index contributed by atoms with van der Waals surface area (Å²) in [7, 11) is 3.86. The average Bonchev–Trinajstić information content (AvgIpc) is 2.47. The van der Waals surface area contributed by atoms with Crippen LogP contribution in [-0.4, -0.2) is 31.1 Å². The molecule has 21 heavy (non-hydrogen) atoms. The maximum absolute atomic E-state index is 12.1. The lowest BCUT2D eigenvalue weighted by Gasteiger charge is -2.12. The fraction of sp³-hybridized carbons (Fsp3) is 0.125. The molecule has 0 spiro atoms. The fourth-order valence-corrected chi connectivity index (χ4v) is 1.81. The lowest BCUT2D eigenvalue weighted by atomic mass is 10.1. The fourth-order valence-electron chi connectivity index (χ4n) is 1.81. The first kappa shape index (κ1) is 14.6. The van der Waals surface area contributed by atoms with Gasteiger partial charge in [0, 0.05) is 31.0 Å². The lowest BCUT2D eigenvalue weighted by molar-refractivity contribution is 0.0696. The third-order valence-corrected chi connectivity index (χ3v) is 3.04. The van der Waals surface area contributed by atoms with Crippen molar-refractivity contribution in [3.8, 4) is 0 Å². The molecule has 0 atom stereocenters. The molecule has 0 saturated heterocycles. The quantitative estimate of drug-likeness (QED) is 0.905. The summed E-state index contributed by atoms with van der Waals surface area (Å²) < 4.78 is 0. The van der Waals surface area contributed by atoms with E-state index in [1.54, 1.807) is 24.3 Å². The molecule has 0 fully saturated rings. The Morgan fingerprint density at radius 1 is 0.905 bits per heavy atom. The zero-order valence-electron chi connectivity index (χ0n) is 11.8. The molecule has 5 heteroatoms. The van der Waals surface area contributed by atoms with Crippen LogP contribution in [0.3, 0.4) is 0 Å². The summed E-state index contributed by atoms with van der Waals surface area (Å²) in [6.07, 6.45) is 0. The van der Waals surface area contributed by atoms with E-state index in [1.165, 1.54) is 12.1 Å². The molecule has 2 aromatic rings. The first-order valence-electron chi connectivity index (χ1n) is 6.39. The molecular weight excluding hydrogens is 268 g/mol. The van der Waals surface area contributed by atoms with Gasteiger partial charge in [-0.05, 0) is 48.5 Å². The molecule has 0 aliphatic heterocycles. The van der Waals surface area contributed by atoms with E-state index >= 15 is 0 Å². The smallest absolute Gasteiger partial charge is 0.335 e. The van der Waals surface area contributed by atoms with E-state index < -0.39 is 5.97 Å². The monoisotopic (exact) mass is 284 g/mol. The number of amides is 1. The number of benzene rings is 2. The molecule has 0 aromatic heterocycles. The van der Waals surface area contributed by atoms with Crippen LogP contribution < -0.4 is 10.2 Å². The Bertz CT molecular complexity index is 646. The molecule has 2 N–H and O–H groups in total. The molecule has 0 unspecified atom stereocenters. The maximum atomic E-state index is 12.1. The van der Waals surface area contributed by atoms with E-state index in [2.05, 4.69) is 5.32 Å². The number of carboxylic acid groups (broad SMARTS) is 1. The van der Waals surface area contributed by atoms with Crippen LogP contribution in [0.5, 0.6) is 0 Å². The van der Waals surface area contributed by atoms with E-state index in [0.29, 0.717) is 11.3 Å². The lowest BCUT2D eigenvalue weighted by Crippen LogP contribution is -2.13. The van der Waals surface area contributed by atoms with Crippen molar-refractivity contribution in [1.29, 1.82) is 0 Å². The summed E-state index contributed by atoms with van der Waals surface area (Å²) >= 11 is 0. The molecule has 0 aliphatic carbocycles. The van der Waals surface area contributed by atoms with Gasteiger partial charge in [0.25, 0.3) is 5.91 Å². The number of rotatable bonds is 4. The Labute approximate surface area is 122 Å². The van der Waals surface area contributed by atoms with Crippen molar-refractivity contribution in [2.75, 3.05) is 24.3 Å². The van der Waals surface area contributed by atoms with Crippen molar-refractivity contribution in [2.45, 2.75) is 0 Å². The maximum Gasteiger partial charge on any atom is 0.335 e. The minimum absolute atomic E-state index is 0.184. The van der Waals surface area contributed by atoms with Crippen molar-refractivity contribution < 1.29 is 14.7 Å². The van der Waals surface area contributed by atoms with Crippen molar-refractivity contribution >= 4 is 23.3 Å². The number of hydrogen-bond acceptors (Lipinski definition) is 3. The first-order chi connectivity index (χ1) is 9.97. The molecule has 1 amide bonds. The van der Waals surface area contributed by atoms with Gasteiger partial charge in [0.15, 0.2) is 0 Å². The normalized spacial score (nSPS) is 10.0. The predicted octanol–water partition coefficient (Wildman–Crippen LogP) is 2.70. The highest BCUT2D eigenvalue weighted by atomic mass is 16.4. The first-order valence-corrected chi connectivity index (χ1v) is 6.39. The summed E-state index contributed by atoms with van der Waals surface area (Å²) in [6, 6.07) is 13.3. The molecular formula is C16H16N2O3. The highest BCUT2D eigenvalue weighted by molar-refractivity contribution is 6.04. The van der Waals surface area contributed by atoms with Gasteiger partial charge in [-0.2, -0.15) is 0 Å². The minimum atomic E-state index is -0.993. The predicted molar refractivity (Wildman–Crippen MR) is 82.1 cm³/mol. The molecule has 0 saturated carbocycles. The highest BCUT2D eigenvalue weighted by Gasteiger charge is 2.07. The average molecular weight is 284 g/mol. The molecule has 0 aliphatic rings. The van der Waals surface area contributed by atoms with Crippen LogP contribution in [0.2, 0.25) is 0 Å². The van der Waals surface area contributed by atoms with Crippen molar-refractivity contribution in [1.82, 2.24) is 0 Å². The second-order valence-corrected chi connectivity index (χ2v) is 4.78. The van der Waals surface area contributed by atoms with Crippen LogP contribution in [0.1, 0.15) is 20.7 Å². The van der Waals surface area contributed by atoms with Crippen molar-refractivity contribution in [3.63, 3.8) is 0 Å². The van der Waals surface area contributed by atoms with Gasteiger partial charge < -0.3 is 15.3 Å². The van der Waals surface area contributed by atoms with E-state index in [-0.39, 0.29) is 11.5 Å². The summed E-state index contributed by atoms with van der Waals surface area (Å²) in [4.78, 5) is 24.8. The van der Waals surface area contributed by atoms with Gasteiger partial charge in [-0.3, -0.25) is 4.79 Å². The zero-order valence-corrected chi connectivity index (χ0v) is 11.8. The second-order valence-electron chi connectivity index (χ2n) is 4.78. The number of nitrogens with zero attached hydrogens (tertiary/aromatic N) is 1. The van der Waals surface area contributed by atoms with Gasteiger partial charge in [-0.25, -0.2) is 4.79 Å². The molecule has 5 nitrogen and oxygen atoms in total. The van der Waals surface area contributed by atoms with Gasteiger partial charge in [-0.15, -0.1) is 0 Å². The van der Waals surface area contributed by atoms with Gasteiger partial charge in [0.2, 0.25) is 0 Å². The van der Waals surface area contributed by atoms with Gasteiger partial charge >= 0.3 is 5.97 Å². The third-order valence-electron chi connectivity index (χ3n) is 3.04. The Kier molecular flexibility index (Phi) is 4.23. The summed E-state index contributed by atoms with van der Waals surface area (Å²) in [5.41, 5.74) is 2.30. The van der Waals surface area contributed by atoms with E-state index in [1.807, 2.05) is 31.1 Å². The summed E-state index contributed by atoms with van der Waals surface area (Å²) in [5, 5.41) is 11.5. The number of aromatic carboxylic acids is 1. The van der Waals surface area contributed by atoms with Crippen LogP contribution in [0.25, 0.3) is 0 Å². The topological polar surface area (TPSA) is 69.6 Å². The van der Waals surface area contributed by atoms with Crippen LogP contribution in [0.4, 0.5) is 11.4 Å². The number of carboxylic acids is 1. The standard InChI is InChI=1S/C16H16N2O3/c1-18(2)14-9-5-11(6-10-14)15(19)17-13-7-3-12(4-8-13)16(20)21/h3-10H,1-2H3,(H,17,19)(H,20,21). The number of nitrogens with one attached hydrogen (secondary N) is 1. The van der Waals surface area contributed by atoms with Gasteiger partial charge in [0.1, 0.15) is 0 Å². The largest absolute Gasteiger partial charge is 0.478 e. The molecule has 2 rings (SSSR count). The van der Waals surface area contributed by atoms with Crippen LogP contribution in [0.15, 0.2) is 48.5 Å². The Morgan fingerprint density at radius 3 is 1.90 bits per heavy atom. The Balaban J connectivity index is 2.08. The minimum Gasteiger partial charge on any atom is -0.478 e. The van der Waals surface area contributed by atoms with Crippen LogP contribution >= 0.6 is 0 Å². The molecule has 2 aromatic carbocycles. The number of carbonyl (C=O) groups excluding carboxylic acids is 1. The summed E-state index contributed by atoms with van der Waals surface area (Å²) in [5.74, 6) is -1.23.